The van der Waals surface area contributed by atoms with Gasteiger partial charge in [0.05, 0.1) is 13.2 Å². The van der Waals surface area contributed by atoms with Crippen molar-refractivity contribution < 1.29 is 14.3 Å². The largest absolute Gasteiger partial charge is 0.382 e. The molecule has 0 aromatic heterocycles. The molecule has 52 valence electrons. The molecule has 0 aromatic carbocycles. The number of ether oxygens (including phenoxy) is 2. The van der Waals surface area contributed by atoms with Crippen molar-refractivity contribution in [2.45, 2.75) is 0 Å². The van der Waals surface area contributed by atoms with Crippen LogP contribution in [0.25, 0.3) is 0 Å². The van der Waals surface area contributed by atoms with Crippen molar-refractivity contribution in [2.75, 3.05) is 27.1 Å². The molecular weight excluding hydrogens is 122 g/mol. The summed E-state index contributed by atoms with van der Waals surface area (Å²) in [5.74, 6) is 0. The van der Waals surface area contributed by atoms with Gasteiger partial charge in [-0.1, -0.05) is 0 Å². The predicted molar refractivity (Wildman–Crippen MR) is 30.8 cm³/mol. The molecule has 0 saturated heterocycles. The third kappa shape index (κ3) is 7.30. The molecule has 0 aliphatic heterocycles. The lowest BCUT2D eigenvalue weighted by Gasteiger charge is -1.95. The molecule has 0 saturated carbocycles. The van der Waals surface area contributed by atoms with Gasteiger partial charge >= 0.3 is 0 Å². The summed E-state index contributed by atoms with van der Waals surface area (Å²) < 4.78 is 9.42. The van der Waals surface area contributed by atoms with Crippen molar-refractivity contribution in [3.63, 3.8) is 0 Å². The Hall–Kier alpha value is -0.700. The minimum absolute atomic E-state index is 0.0762. The topological polar surface area (TPSA) is 47.9 Å². The third-order valence-electron chi connectivity index (χ3n) is 0.652. The van der Waals surface area contributed by atoms with E-state index in [1.54, 1.807) is 7.11 Å². The van der Waals surface area contributed by atoms with Crippen molar-refractivity contribution in [3.8, 4) is 0 Å². The van der Waals surface area contributed by atoms with Gasteiger partial charge in [-0.25, -0.2) is 4.79 Å². The average Bonchev–Trinajstić information content (AvgIpc) is 1.89. The summed E-state index contributed by atoms with van der Waals surface area (Å²) in [6.45, 7) is 1.06. The van der Waals surface area contributed by atoms with Crippen molar-refractivity contribution in [1.82, 2.24) is 0 Å². The summed E-state index contributed by atoms with van der Waals surface area (Å²) in [5.41, 5.74) is 0. The van der Waals surface area contributed by atoms with Crippen LogP contribution >= 0.6 is 0 Å². The summed E-state index contributed by atoms with van der Waals surface area (Å²) in [6, 6.07) is 0. The van der Waals surface area contributed by atoms with Gasteiger partial charge in [0.1, 0.15) is 6.73 Å². The van der Waals surface area contributed by atoms with Crippen LogP contribution in [0.5, 0.6) is 0 Å². The summed E-state index contributed by atoms with van der Waals surface area (Å²) in [4.78, 5) is 12.6. The molecule has 0 fully saturated rings. The highest BCUT2D eigenvalue weighted by molar-refractivity contribution is 5.32. The zero-order valence-electron chi connectivity index (χ0n) is 5.29. The second kappa shape index (κ2) is 7.30. The highest BCUT2D eigenvalue weighted by atomic mass is 16.5. The molecule has 0 radical (unpaired) electrons. The minimum atomic E-state index is 0.0762. The lowest BCUT2D eigenvalue weighted by Crippen LogP contribution is -2.00. The molecule has 0 amide bonds. The van der Waals surface area contributed by atoms with E-state index in [1.165, 1.54) is 6.08 Å². The molecule has 0 aromatic rings. The van der Waals surface area contributed by atoms with Gasteiger partial charge in [-0.05, 0) is 0 Å². The number of rotatable bonds is 5. The van der Waals surface area contributed by atoms with E-state index in [0.29, 0.717) is 13.2 Å². The molecule has 0 heterocycles. The zero-order valence-corrected chi connectivity index (χ0v) is 5.29. The molecule has 0 aliphatic rings. The third-order valence-corrected chi connectivity index (χ3v) is 0.652. The van der Waals surface area contributed by atoms with E-state index in [1.807, 2.05) is 0 Å². The van der Waals surface area contributed by atoms with Gasteiger partial charge in [0, 0.05) is 7.11 Å². The molecule has 0 spiro atoms. The molecule has 0 bridgehead atoms. The van der Waals surface area contributed by atoms with Crippen LogP contribution in [0.4, 0.5) is 0 Å². The molecule has 4 heteroatoms. The van der Waals surface area contributed by atoms with Gasteiger partial charge in [-0.2, -0.15) is 4.99 Å². The first-order valence-electron chi connectivity index (χ1n) is 2.52. The molecule has 0 N–H and O–H groups in total. The Morgan fingerprint density at radius 2 is 2.33 bits per heavy atom. The fraction of sp³-hybridized carbons (Fsp3) is 0.800. The quantitative estimate of drug-likeness (QED) is 0.298. The van der Waals surface area contributed by atoms with Crippen molar-refractivity contribution in [2.24, 2.45) is 4.99 Å². The maximum Gasteiger partial charge on any atom is 0.237 e. The summed E-state index contributed by atoms with van der Waals surface area (Å²) in [5, 5.41) is 0. The molecular formula is C5H9NO3. The van der Waals surface area contributed by atoms with Crippen LogP contribution in [0.2, 0.25) is 0 Å². The first kappa shape index (κ1) is 8.30. The van der Waals surface area contributed by atoms with Gasteiger partial charge in [0.15, 0.2) is 0 Å². The molecule has 0 atom stereocenters. The summed E-state index contributed by atoms with van der Waals surface area (Å²) in [6.07, 6.45) is 1.35. The molecule has 0 unspecified atom stereocenters. The van der Waals surface area contributed by atoms with E-state index >= 15 is 0 Å². The Labute approximate surface area is 53.5 Å². The molecule has 4 nitrogen and oxygen atoms in total. The van der Waals surface area contributed by atoms with Crippen molar-refractivity contribution in [3.05, 3.63) is 0 Å². The standard InChI is InChI=1S/C5H9NO3/c1-8-2-3-9-5-6-4-7/h2-3,5H2,1H3. The van der Waals surface area contributed by atoms with Crippen LogP contribution in [-0.4, -0.2) is 33.1 Å². The normalized spacial score (nSPS) is 8.56. The Bertz CT molecular complexity index is 98.4. The van der Waals surface area contributed by atoms with Gasteiger partial charge in [-0.15, -0.1) is 0 Å². The average molecular weight is 131 g/mol. The lowest BCUT2D eigenvalue weighted by atomic mass is 10.8. The van der Waals surface area contributed by atoms with Crippen LogP contribution in [0.15, 0.2) is 4.99 Å². The number of carbonyl (C=O) groups excluding carboxylic acids is 1. The Morgan fingerprint density at radius 1 is 1.56 bits per heavy atom. The van der Waals surface area contributed by atoms with Gasteiger partial charge in [0.25, 0.3) is 0 Å². The Balaban J connectivity index is 2.82. The van der Waals surface area contributed by atoms with E-state index < -0.39 is 0 Å². The fourth-order valence-corrected chi connectivity index (χ4v) is 0.279. The molecule has 0 aliphatic carbocycles. The van der Waals surface area contributed by atoms with E-state index in [-0.39, 0.29) is 6.73 Å². The second-order valence-electron chi connectivity index (χ2n) is 1.28. The van der Waals surface area contributed by atoms with E-state index in [2.05, 4.69) is 9.73 Å². The SMILES string of the molecule is COCCOCN=C=O. The first-order chi connectivity index (χ1) is 4.41. The van der Waals surface area contributed by atoms with Crippen molar-refractivity contribution >= 4 is 6.08 Å². The first-order valence-corrected chi connectivity index (χ1v) is 2.52. The lowest BCUT2D eigenvalue weighted by molar-refractivity contribution is 0.0749. The monoisotopic (exact) mass is 131 g/mol. The maximum atomic E-state index is 9.43. The van der Waals surface area contributed by atoms with Crippen LogP contribution < -0.4 is 0 Å². The van der Waals surface area contributed by atoms with Crippen molar-refractivity contribution in [1.29, 1.82) is 0 Å². The van der Waals surface area contributed by atoms with E-state index in [4.69, 9.17) is 4.74 Å². The van der Waals surface area contributed by atoms with Crippen LogP contribution in [0, 0.1) is 0 Å². The number of nitrogens with zero attached hydrogens (tertiary/aromatic N) is 1. The maximum absolute atomic E-state index is 9.43. The molecule has 0 rings (SSSR count). The Kier molecular flexibility index (Phi) is 6.73. The summed E-state index contributed by atoms with van der Waals surface area (Å²) >= 11 is 0. The van der Waals surface area contributed by atoms with Gasteiger partial charge in [-0.3, -0.25) is 0 Å². The highest BCUT2D eigenvalue weighted by Gasteiger charge is 1.81. The van der Waals surface area contributed by atoms with E-state index in [9.17, 15) is 4.79 Å². The van der Waals surface area contributed by atoms with Crippen LogP contribution in [0.3, 0.4) is 0 Å². The minimum Gasteiger partial charge on any atom is -0.382 e. The summed E-state index contributed by atoms with van der Waals surface area (Å²) in [7, 11) is 1.58. The number of aliphatic imine (C=N–C) groups is 1. The zero-order chi connectivity index (χ0) is 6.95. The number of hydrogen-bond donors (Lipinski definition) is 0. The van der Waals surface area contributed by atoms with Crippen LogP contribution in [0.1, 0.15) is 0 Å². The molecule has 9 heavy (non-hydrogen) atoms. The predicted octanol–water partition coefficient (Wildman–Crippen LogP) is -0.0573. The van der Waals surface area contributed by atoms with Crippen LogP contribution in [-0.2, 0) is 14.3 Å². The number of hydrogen-bond acceptors (Lipinski definition) is 4. The van der Waals surface area contributed by atoms with E-state index in [0.717, 1.165) is 0 Å². The second-order valence-corrected chi connectivity index (χ2v) is 1.28. The highest BCUT2D eigenvalue weighted by Crippen LogP contribution is 1.74. The smallest absolute Gasteiger partial charge is 0.237 e. The Morgan fingerprint density at radius 3 is 2.89 bits per heavy atom. The van der Waals surface area contributed by atoms with Gasteiger partial charge < -0.3 is 9.47 Å². The fourth-order valence-electron chi connectivity index (χ4n) is 0.279. The number of methoxy groups -OCH3 is 1. The van der Waals surface area contributed by atoms with Gasteiger partial charge in [0.2, 0.25) is 6.08 Å². The number of isocyanates is 1.